The highest BCUT2D eigenvalue weighted by Gasteiger charge is 2.05. The molecule has 0 aromatic carbocycles. The van der Waals surface area contributed by atoms with Crippen LogP contribution in [-0.2, 0) is 6.54 Å². The Morgan fingerprint density at radius 3 is 3.00 bits per heavy atom. The molecule has 0 aliphatic rings. The van der Waals surface area contributed by atoms with Gasteiger partial charge in [-0.25, -0.2) is 4.98 Å². The highest BCUT2D eigenvalue weighted by molar-refractivity contribution is 7.09. The molecule has 5 heteroatoms. The van der Waals surface area contributed by atoms with Gasteiger partial charge in [-0.15, -0.1) is 11.3 Å². The van der Waals surface area contributed by atoms with Crippen molar-refractivity contribution >= 4 is 23.0 Å². The molecule has 1 N–H and O–H groups in total. The maximum Gasteiger partial charge on any atom is 0.149 e. The van der Waals surface area contributed by atoms with Crippen molar-refractivity contribution in [1.82, 2.24) is 9.97 Å². The largest absolute Gasteiger partial charge is 0.369 e. The van der Waals surface area contributed by atoms with Crippen molar-refractivity contribution in [3.63, 3.8) is 0 Å². The predicted octanol–water partition coefficient (Wildman–Crippen LogP) is 3.00. The summed E-state index contributed by atoms with van der Waals surface area (Å²) in [4.78, 5) is 12.2. The van der Waals surface area contributed by atoms with Crippen molar-refractivity contribution in [2.24, 2.45) is 0 Å². The zero-order valence-electron chi connectivity index (χ0n) is 10.8. The monoisotopic (exact) mass is 262 g/mol. The van der Waals surface area contributed by atoms with E-state index in [4.69, 9.17) is 0 Å². The fourth-order valence-electron chi connectivity index (χ4n) is 1.60. The molecule has 0 amide bonds. The standard InChI is InChI=1S/C13H18N4S/c1-3-6-15-12-8-14-9-13(16-12)17(2)10-11-5-4-7-18-11/h4-5,7-9H,3,6,10H2,1-2H3,(H,15,16). The number of thiophene rings is 1. The molecule has 0 saturated carbocycles. The minimum Gasteiger partial charge on any atom is -0.369 e. The lowest BCUT2D eigenvalue weighted by Crippen LogP contribution is -2.18. The Labute approximate surface area is 112 Å². The van der Waals surface area contributed by atoms with Gasteiger partial charge in [0.15, 0.2) is 0 Å². The average Bonchev–Trinajstić information content (AvgIpc) is 2.89. The topological polar surface area (TPSA) is 41.1 Å². The molecule has 0 atom stereocenters. The fourth-order valence-corrected chi connectivity index (χ4v) is 2.35. The lowest BCUT2D eigenvalue weighted by atomic mass is 10.4. The van der Waals surface area contributed by atoms with Crippen LogP contribution in [0.25, 0.3) is 0 Å². The molecule has 96 valence electrons. The van der Waals surface area contributed by atoms with E-state index in [1.807, 2.05) is 7.05 Å². The second-order valence-electron chi connectivity index (χ2n) is 4.12. The van der Waals surface area contributed by atoms with E-state index in [2.05, 4.69) is 44.6 Å². The minimum atomic E-state index is 0.840. The van der Waals surface area contributed by atoms with Gasteiger partial charge in [0.05, 0.1) is 18.9 Å². The maximum atomic E-state index is 4.55. The first-order valence-corrected chi connectivity index (χ1v) is 6.97. The molecule has 0 radical (unpaired) electrons. The van der Waals surface area contributed by atoms with Gasteiger partial charge in [0, 0.05) is 18.5 Å². The Hall–Kier alpha value is -1.62. The smallest absolute Gasteiger partial charge is 0.149 e. The molecule has 2 heterocycles. The van der Waals surface area contributed by atoms with E-state index in [0.717, 1.165) is 31.1 Å². The zero-order valence-corrected chi connectivity index (χ0v) is 11.6. The number of anilines is 2. The first-order chi connectivity index (χ1) is 8.79. The number of aromatic nitrogens is 2. The lowest BCUT2D eigenvalue weighted by molar-refractivity contribution is 0.897. The summed E-state index contributed by atoms with van der Waals surface area (Å²) in [5, 5.41) is 5.34. The van der Waals surface area contributed by atoms with Gasteiger partial charge in [0.25, 0.3) is 0 Å². The van der Waals surface area contributed by atoms with Gasteiger partial charge in [-0.1, -0.05) is 13.0 Å². The van der Waals surface area contributed by atoms with Crippen molar-refractivity contribution in [3.8, 4) is 0 Å². The normalized spacial score (nSPS) is 10.3. The highest BCUT2D eigenvalue weighted by atomic mass is 32.1. The third-order valence-electron chi connectivity index (χ3n) is 2.54. The number of hydrogen-bond donors (Lipinski definition) is 1. The second kappa shape index (κ2) is 6.35. The number of nitrogens with zero attached hydrogens (tertiary/aromatic N) is 3. The molecule has 0 bridgehead atoms. The van der Waals surface area contributed by atoms with Crippen molar-refractivity contribution in [2.45, 2.75) is 19.9 Å². The predicted molar refractivity (Wildman–Crippen MR) is 77.2 cm³/mol. The van der Waals surface area contributed by atoms with E-state index >= 15 is 0 Å². The summed E-state index contributed by atoms with van der Waals surface area (Å²) >= 11 is 1.76. The van der Waals surface area contributed by atoms with Crippen LogP contribution in [0.2, 0.25) is 0 Å². The molecule has 4 nitrogen and oxygen atoms in total. The number of rotatable bonds is 6. The van der Waals surface area contributed by atoms with Crippen molar-refractivity contribution in [3.05, 3.63) is 34.8 Å². The summed E-state index contributed by atoms with van der Waals surface area (Å²) in [7, 11) is 2.04. The van der Waals surface area contributed by atoms with E-state index in [1.165, 1.54) is 4.88 Å². The van der Waals surface area contributed by atoms with Crippen LogP contribution in [-0.4, -0.2) is 23.6 Å². The second-order valence-corrected chi connectivity index (χ2v) is 5.16. The quantitative estimate of drug-likeness (QED) is 0.869. The number of nitrogens with one attached hydrogen (secondary N) is 1. The molecular formula is C13H18N4S. The Bertz CT molecular complexity index is 470. The SMILES string of the molecule is CCCNc1cncc(N(C)Cc2cccs2)n1. The van der Waals surface area contributed by atoms with E-state index in [0.29, 0.717) is 0 Å². The van der Waals surface area contributed by atoms with Gasteiger partial charge in [0.1, 0.15) is 11.6 Å². The third kappa shape index (κ3) is 3.43. The van der Waals surface area contributed by atoms with Crippen LogP contribution in [0.1, 0.15) is 18.2 Å². The molecular weight excluding hydrogens is 244 g/mol. The maximum absolute atomic E-state index is 4.55. The first kappa shape index (κ1) is 12.8. The van der Waals surface area contributed by atoms with Gasteiger partial charge < -0.3 is 10.2 Å². The molecule has 18 heavy (non-hydrogen) atoms. The fraction of sp³-hybridized carbons (Fsp3) is 0.385. The van der Waals surface area contributed by atoms with E-state index in [1.54, 1.807) is 23.7 Å². The first-order valence-electron chi connectivity index (χ1n) is 6.09. The van der Waals surface area contributed by atoms with E-state index in [-0.39, 0.29) is 0 Å². The van der Waals surface area contributed by atoms with Gasteiger partial charge in [0.2, 0.25) is 0 Å². The summed E-state index contributed by atoms with van der Waals surface area (Å²) in [6.07, 6.45) is 4.64. The molecule has 0 spiro atoms. The molecule has 0 saturated heterocycles. The van der Waals surface area contributed by atoms with E-state index < -0.39 is 0 Å². The van der Waals surface area contributed by atoms with Crippen LogP contribution in [0.4, 0.5) is 11.6 Å². The van der Waals surface area contributed by atoms with Crippen LogP contribution in [0.5, 0.6) is 0 Å². The Kier molecular flexibility index (Phi) is 4.52. The van der Waals surface area contributed by atoms with Crippen LogP contribution < -0.4 is 10.2 Å². The highest BCUT2D eigenvalue weighted by Crippen LogP contribution is 2.16. The van der Waals surface area contributed by atoms with Crippen molar-refractivity contribution < 1.29 is 0 Å². The average molecular weight is 262 g/mol. The van der Waals surface area contributed by atoms with Gasteiger partial charge in [-0.2, -0.15) is 0 Å². The van der Waals surface area contributed by atoms with Crippen molar-refractivity contribution in [2.75, 3.05) is 23.8 Å². The lowest BCUT2D eigenvalue weighted by Gasteiger charge is -2.17. The Morgan fingerprint density at radius 2 is 2.28 bits per heavy atom. The molecule has 2 rings (SSSR count). The minimum absolute atomic E-state index is 0.840. The summed E-state index contributed by atoms with van der Waals surface area (Å²) in [5.41, 5.74) is 0. The third-order valence-corrected chi connectivity index (χ3v) is 3.40. The molecule has 0 fully saturated rings. The van der Waals surface area contributed by atoms with Crippen LogP contribution in [0, 0.1) is 0 Å². The van der Waals surface area contributed by atoms with Crippen LogP contribution in [0.3, 0.4) is 0 Å². The summed E-state index contributed by atoms with van der Waals surface area (Å²) in [6.45, 7) is 3.92. The summed E-state index contributed by atoms with van der Waals surface area (Å²) in [5.74, 6) is 1.73. The van der Waals surface area contributed by atoms with Crippen LogP contribution in [0.15, 0.2) is 29.9 Å². The van der Waals surface area contributed by atoms with Gasteiger partial charge >= 0.3 is 0 Å². The Morgan fingerprint density at radius 1 is 1.39 bits per heavy atom. The molecule has 2 aromatic rings. The molecule has 0 aliphatic heterocycles. The summed E-state index contributed by atoms with van der Waals surface area (Å²) in [6, 6.07) is 4.20. The zero-order chi connectivity index (χ0) is 12.8. The molecule has 2 aromatic heterocycles. The molecule has 0 aliphatic carbocycles. The van der Waals surface area contributed by atoms with Crippen LogP contribution >= 0.6 is 11.3 Å². The number of hydrogen-bond acceptors (Lipinski definition) is 5. The van der Waals surface area contributed by atoms with Gasteiger partial charge in [-0.3, -0.25) is 4.98 Å². The molecule has 0 unspecified atom stereocenters. The summed E-state index contributed by atoms with van der Waals surface area (Å²) < 4.78 is 0. The van der Waals surface area contributed by atoms with Gasteiger partial charge in [-0.05, 0) is 17.9 Å². The van der Waals surface area contributed by atoms with Crippen molar-refractivity contribution in [1.29, 1.82) is 0 Å². The Balaban J connectivity index is 2.03. The van der Waals surface area contributed by atoms with E-state index in [9.17, 15) is 0 Å².